The highest BCUT2D eigenvalue weighted by molar-refractivity contribution is 6.22. The summed E-state index contributed by atoms with van der Waals surface area (Å²) < 4.78 is 0. The normalized spacial score (nSPS) is 19.1. The van der Waals surface area contributed by atoms with Crippen LogP contribution in [0, 0.1) is 0 Å². The molecule has 2 aromatic carbocycles. The van der Waals surface area contributed by atoms with E-state index >= 15 is 0 Å². The molecule has 0 saturated carbocycles. The Kier molecular flexibility index (Phi) is 5.96. The quantitative estimate of drug-likeness (QED) is 0.595. The standard InChI is InChI=1S/C26H36N2O/c1-4-13-26(14-5-2)22-11-12-23(20-9-7-10-21(24(20)22)25(26)29)28-17-8-16-27(15-6-3)18-19-28/h7,9-12H,4-6,8,13-19H2,1-3H3. The molecule has 1 aliphatic heterocycles. The van der Waals surface area contributed by atoms with E-state index in [1.807, 2.05) is 0 Å². The summed E-state index contributed by atoms with van der Waals surface area (Å²) in [5.41, 5.74) is 3.27. The highest BCUT2D eigenvalue weighted by atomic mass is 16.1. The van der Waals surface area contributed by atoms with Crippen LogP contribution in [-0.2, 0) is 5.41 Å². The number of hydrogen-bond donors (Lipinski definition) is 0. The van der Waals surface area contributed by atoms with E-state index in [0.717, 1.165) is 50.9 Å². The molecule has 29 heavy (non-hydrogen) atoms. The summed E-state index contributed by atoms with van der Waals surface area (Å²) in [6.45, 7) is 12.4. The van der Waals surface area contributed by atoms with Gasteiger partial charge >= 0.3 is 0 Å². The molecule has 0 spiro atoms. The number of carbonyl (C=O) groups is 1. The van der Waals surface area contributed by atoms with Gasteiger partial charge in [0, 0.05) is 36.3 Å². The van der Waals surface area contributed by atoms with Crippen molar-refractivity contribution in [3.8, 4) is 0 Å². The smallest absolute Gasteiger partial charge is 0.174 e. The number of rotatable bonds is 7. The van der Waals surface area contributed by atoms with Crippen LogP contribution in [0.25, 0.3) is 10.8 Å². The van der Waals surface area contributed by atoms with E-state index in [9.17, 15) is 4.79 Å². The zero-order chi connectivity index (χ0) is 20.4. The predicted molar refractivity (Wildman–Crippen MR) is 123 cm³/mol. The van der Waals surface area contributed by atoms with Crippen molar-refractivity contribution in [2.24, 2.45) is 0 Å². The van der Waals surface area contributed by atoms with Crippen LogP contribution in [0.5, 0.6) is 0 Å². The van der Waals surface area contributed by atoms with Crippen molar-refractivity contribution < 1.29 is 4.79 Å². The van der Waals surface area contributed by atoms with Crippen molar-refractivity contribution in [1.82, 2.24) is 4.90 Å². The second-order valence-corrected chi connectivity index (χ2v) is 8.95. The number of anilines is 1. The minimum atomic E-state index is -0.305. The first-order chi connectivity index (χ1) is 14.2. The van der Waals surface area contributed by atoms with E-state index < -0.39 is 0 Å². The molecule has 0 atom stereocenters. The van der Waals surface area contributed by atoms with Gasteiger partial charge in [-0.15, -0.1) is 0 Å². The molecule has 0 radical (unpaired) electrons. The number of Topliss-reactive ketones (excluding diaryl/α,β-unsaturated/α-hetero) is 1. The molecule has 0 bridgehead atoms. The molecule has 1 saturated heterocycles. The molecule has 3 heteroatoms. The zero-order valence-corrected chi connectivity index (χ0v) is 18.5. The molecule has 2 aromatic rings. The van der Waals surface area contributed by atoms with Crippen LogP contribution < -0.4 is 4.90 Å². The summed E-state index contributed by atoms with van der Waals surface area (Å²) in [5.74, 6) is 0.365. The fourth-order valence-corrected chi connectivity index (χ4v) is 5.86. The van der Waals surface area contributed by atoms with Crippen molar-refractivity contribution in [2.45, 2.75) is 64.7 Å². The number of ketones is 1. The predicted octanol–water partition coefficient (Wildman–Crippen LogP) is 5.80. The van der Waals surface area contributed by atoms with E-state index in [1.54, 1.807) is 0 Å². The van der Waals surface area contributed by atoms with Gasteiger partial charge in [0.1, 0.15) is 0 Å². The molecule has 4 rings (SSSR count). The van der Waals surface area contributed by atoms with Gasteiger partial charge < -0.3 is 9.80 Å². The Morgan fingerprint density at radius 2 is 1.69 bits per heavy atom. The number of benzene rings is 2. The lowest BCUT2D eigenvalue weighted by Crippen LogP contribution is -2.32. The molecule has 0 aromatic heterocycles. The molecule has 3 nitrogen and oxygen atoms in total. The van der Waals surface area contributed by atoms with Gasteiger partial charge in [0.2, 0.25) is 0 Å². The second-order valence-electron chi connectivity index (χ2n) is 8.95. The lowest BCUT2D eigenvalue weighted by Gasteiger charge is -2.30. The monoisotopic (exact) mass is 392 g/mol. The van der Waals surface area contributed by atoms with Gasteiger partial charge in [0.25, 0.3) is 0 Å². The Bertz CT molecular complexity index is 882. The van der Waals surface area contributed by atoms with Gasteiger partial charge in [-0.3, -0.25) is 4.79 Å². The third-order valence-electron chi connectivity index (χ3n) is 7.04. The van der Waals surface area contributed by atoms with Gasteiger partial charge in [-0.2, -0.15) is 0 Å². The Labute approximate surface area is 176 Å². The maximum Gasteiger partial charge on any atom is 0.174 e. The van der Waals surface area contributed by atoms with Gasteiger partial charge in [-0.05, 0) is 55.8 Å². The Hall–Kier alpha value is -1.87. The molecule has 2 aliphatic rings. The van der Waals surface area contributed by atoms with Crippen molar-refractivity contribution in [3.63, 3.8) is 0 Å². The molecular weight excluding hydrogens is 356 g/mol. The highest BCUT2D eigenvalue weighted by Crippen LogP contribution is 2.49. The average Bonchev–Trinajstić information content (AvgIpc) is 2.88. The minimum Gasteiger partial charge on any atom is -0.370 e. The SMILES string of the molecule is CCCN1CCCN(c2ccc3c4c(cccc24)C(=O)C3(CCC)CCC)CC1. The van der Waals surface area contributed by atoms with Crippen LogP contribution in [0.3, 0.4) is 0 Å². The van der Waals surface area contributed by atoms with E-state index in [0.29, 0.717) is 5.78 Å². The third kappa shape index (κ3) is 3.38. The fraction of sp³-hybridized carbons (Fsp3) is 0.577. The molecule has 1 aliphatic carbocycles. The van der Waals surface area contributed by atoms with Crippen LogP contribution in [0.4, 0.5) is 5.69 Å². The zero-order valence-electron chi connectivity index (χ0n) is 18.5. The average molecular weight is 393 g/mol. The summed E-state index contributed by atoms with van der Waals surface area (Å²) in [6.07, 6.45) is 6.43. The summed E-state index contributed by atoms with van der Waals surface area (Å²) in [6, 6.07) is 11.0. The molecule has 0 N–H and O–H groups in total. The molecule has 1 fully saturated rings. The number of nitrogens with zero attached hydrogens (tertiary/aromatic N) is 2. The third-order valence-corrected chi connectivity index (χ3v) is 7.04. The first kappa shape index (κ1) is 20.4. The summed E-state index contributed by atoms with van der Waals surface area (Å²) in [7, 11) is 0. The van der Waals surface area contributed by atoms with Crippen molar-refractivity contribution >= 4 is 22.2 Å². The highest BCUT2D eigenvalue weighted by Gasteiger charge is 2.46. The minimum absolute atomic E-state index is 0.305. The lowest BCUT2D eigenvalue weighted by atomic mass is 9.73. The molecule has 0 amide bonds. The molecule has 0 unspecified atom stereocenters. The van der Waals surface area contributed by atoms with Crippen LogP contribution in [-0.4, -0.2) is 43.4 Å². The second kappa shape index (κ2) is 8.47. The largest absolute Gasteiger partial charge is 0.370 e. The fourth-order valence-electron chi connectivity index (χ4n) is 5.86. The Balaban J connectivity index is 1.77. The lowest BCUT2D eigenvalue weighted by molar-refractivity contribution is 0.0874. The maximum absolute atomic E-state index is 13.6. The van der Waals surface area contributed by atoms with E-state index in [1.165, 1.54) is 48.0 Å². The maximum atomic E-state index is 13.6. The van der Waals surface area contributed by atoms with E-state index in [4.69, 9.17) is 0 Å². The van der Waals surface area contributed by atoms with Crippen molar-refractivity contribution in [1.29, 1.82) is 0 Å². The molecule has 1 heterocycles. The van der Waals surface area contributed by atoms with Gasteiger partial charge in [-0.1, -0.05) is 57.9 Å². The number of hydrogen-bond acceptors (Lipinski definition) is 3. The van der Waals surface area contributed by atoms with Crippen LogP contribution in [0.15, 0.2) is 30.3 Å². The van der Waals surface area contributed by atoms with E-state index in [-0.39, 0.29) is 5.41 Å². The van der Waals surface area contributed by atoms with Crippen molar-refractivity contribution in [3.05, 3.63) is 41.5 Å². The molecule has 156 valence electrons. The first-order valence-corrected chi connectivity index (χ1v) is 11.7. The topological polar surface area (TPSA) is 23.6 Å². The summed E-state index contributed by atoms with van der Waals surface area (Å²) in [4.78, 5) is 18.8. The summed E-state index contributed by atoms with van der Waals surface area (Å²) in [5, 5.41) is 2.53. The van der Waals surface area contributed by atoms with Crippen LogP contribution in [0.1, 0.15) is 75.2 Å². The van der Waals surface area contributed by atoms with Crippen LogP contribution >= 0.6 is 0 Å². The van der Waals surface area contributed by atoms with E-state index in [2.05, 4.69) is 60.9 Å². The van der Waals surface area contributed by atoms with Gasteiger partial charge in [0.15, 0.2) is 5.78 Å². The Morgan fingerprint density at radius 3 is 2.41 bits per heavy atom. The number of carbonyl (C=O) groups excluding carboxylic acids is 1. The molecular formula is C26H36N2O. The Morgan fingerprint density at radius 1 is 0.897 bits per heavy atom. The summed E-state index contributed by atoms with van der Waals surface area (Å²) >= 11 is 0. The van der Waals surface area contributed by atoms with Crippen molar-refractivity contribution in [2.75, 3.05) is 37.6 Å². The van der Waals surface area contributed by atoms with Crippen LogP contribution in [0.2, 0.25) is 0 Å². The van der Waals surface area contributed by atoms with Gasteiger partial charge in [-0.25, -0.2) is 0 Å². The van der Waals surface area contributed by atoms with Gasteiger partial charge in [0.05, 0.1) is 5.41 Å². The first-order valence-electron chi connectivity index (χ1n) is 11.7.